The number of benzene rings is 1. The van der Waals surface area contributed by atoms with Crippen molar-refractivity contribution in [2.75, 3.05) is 19.9 Å². The van der Waals surface area contributed by atoms with Gasteiger partial charge in [-0.2, -0.15) is 0 Å². The highest BCUT2D eigenvalue weighted by Gasteiger charge is 2.16. The van der Waals surface area contributed by atoms with Gasteiger partial charge in [-0.3, -0.25) is 0 Å². The van der Waals surface area contributed by atoms with E-state index in [4.69, 9.17) is 14.2 Å². The molecule has 0 radical (unpaired) electrons. The molecule has 6 heteroatoms. The van der Waals surface area contributed by atoms with Gasteiger partial charge < -0.3 is 24.8 Å². The third-order valence-electron chi connectivity index (χ3n) is 3.30. The quantitative estimate of drug-likeness (QED) is 0.760. The highest BCUT2D eigenvalue weighted by Crippen LogP contribution is 2.34. The molecule has 1 heterocycles. The molecule has 0 saturated carbocycles. The smallest absolute Gasteiger partial charge is 0.315 e. The number of carbonyl (C=O) groups excluding carboxylic acids is 1. The molecule has 0 aliphatic carbocycles. The zero-order chi connectivity index (χ0) is 15.9. The molecule has 2 N–H and O–H groups in total. The summed E-state index contributed by atoms with van der Waals surface area (Å²) in [5, 5.41) is 5.72. The van der Waals surface area contributed by atoms with Crippen molar-refractivity contribution in [2.24, 2.45) is 0 Å². The summed E-state index contributed by atoms with van der Waals surface area (Å²) in [5.74, 6) is 1.46. The van der Waals surface area contributed by atoms with E-state index in [1.54, 1.807) is 0 Å². The Morgan fingerprint density at radius 3 is 2.82 bits per heavy atom. The van der Waals surface area contributed by atoms with Crippen molar-refractivity contribution in [2.45, 2.75) is 39.3 Å². The third kappa shape index (κ3) is 4.80. The molecule has 6 nitrogen and oxygen atoms in total. The summed E-state index contributed by atoms with van der Waals surface area (Å²) in [6, 6.07) is 5.38. The van der Waals surface area contributed by atoms with Gasteiger partial charge in [0.25, 0.3) is 0 Å². The van der Waals surface area contributed by atoms with Crippen molar-refractivity contribution in [1.82, 2.24) is 10.6 Å². The van der Waals surface area contributed by atoms with Crippen LogP contribution >= 0.6 is 0 Å². The molecular weight excluding hydrogens is 284 g/mol. The van der Waals surface area contributed by atoms with Gasteiger partial charge >= 0.3 is 6.03 Å². The van der Waals surface area contributed by atoms with Crippen LogP contribution in [0.1, 0.15) is 38.8 Å². The fraction of sp³-hybridized carbons (Fsp3) is 0.562. The van der Waals surface area contributed by atoms with Gasteiger partial charge in [0.1, 0.15) is 0 Å². The van der Waals surface area contributed by atoms with Gasteiger partial charge in [-0.15, -0.1) is 0 Å². The molecule has 1 aromatic rings. The zero-order valence-electron chi connectivity index (χ0n) is 13.3. The lowest BCUT2D eigenvalue weighted by Crippen LogP contribution is -2.37. The van der Waals surface area contributed by atoms with Crippen molar-refractivity contribution in [3.63, 3.8) is 0 Å². The topological polar surface area (TPSA) is 68.8 Å². The minimum Gasteiger partial charge on any atom is -0.454 e. The monoisotopic (exact) mass is 308 g/mol. The number of nitrogens with one attached hydrogen (secondary N) is 2. The maximum Gasteiger partial charge on any atom is 0.315 e. The summed E-state index contributed by atoms with van der Waals surface area (Å²) in [7, 11) is 0. The van der Waals surface area contributed by atoms with Crippen LogP contribution < -0.4 is 20.1 Å². The maximum atomic E-state index is 11.8. The van der Waals surface area contributed by atoms with E-state index < -0.39 is 0 Å². The molecule has 1 aromatic carbocycles. The van der Waals surface area contributed by atoms with Crippen molar-refractivity contribution < 1.29 is 19.0 Å². The summed E-state index contributed by atoms with van der Waals surface area (Å²) in [6.45, 7) is 7.40. The van der Waals surface area contributed by atoms with Crippen LogP contribution in [0, 0.1) is 0 Å². The molecule has 122 valence electrons. The van der Waals surface area contributed by atoms with Gasteiger partial charge in [0.05, 0.1) is 12.1 Å². The van der Waals surface area contributed by atoms with E-state index in [0.717, 1.165) is 23.5 Å². The minimum atomic E-state index is -0.185. The summed E-state index contributed by atoms with van der Waals surface area (Å²) in [6.07, 6.45) is 1.02. The first-order chi connectivity index (χ1) is 10.6. The molecule has 0 saturated heterocycles. The van der Waals surface area contributed by atoms with Gasteiger partial charge in [0.2, 0.25) is 6.79 Å². The first-order valence-electron chi connectivity index (χ1n) is 7.62. The standard InChI is InChI=1S/C16H24N2O4/c1-11(2)20-8-4-7-17-16(19)18-12(3)13-5-6-14-15(9-13)22-10-21-14/h5-6,9,11-12H,4,7-8,10H2,1-3H3,(H2,17,18,19)/t12-/m0/s1. The lowest BCUT2D eigenvalue weighted by molar-refractivity contribution is 0.0774. The lowest BCUT2D eigenvalue weighted by Gasteiger charge is -2.15. The summed E-state index contributed by atoms with van der Waals surface area (Å²) >= 11 is 0. The molecule has 0 aromatic heterocycles. The van der Waals surface area contributed by atoms with Crippen LogP contribution in [0.25, 0.3) is 0 Å². The highest BCUT2D eigenvalue weighted by atomic mass is 16.7. The maximum absolute atomic E-state index is 11.8. The first kappa shape index (κ1) is 16.4. The average molecular weight is 308 g/mol. The zero-order valence-corrected chi connectivity index (χ0v) is 13.3. The molecule has 1 atom stereocenters. The van der Waals surface area contributed by atoms with Crippen LogP contribution in [0.15, 0.2) is 18.2 Å². The van der Waals surface area contributed by atoms with Gasteiger partial charge in [0, 0.05) is 13.2 Å². The normalized spacial score (nSPS) is 14.0. The Kier molecular flexibility index (Phi) is 5.89. The van der Waals surface area contributed by atoms with Gasteiger partial charge in [0.15, 0.2) is 11.5 Å². The van der Waals surface area contributed by atoms with E-state index in [2.05, 4.69) is 10.6 Å². The Hall–Kier alpha value is -1.95. The summed E-state index contributed by atoms with van der Waals surface area (Å²) in [5.41, 5.74) is 0.975. The lowest BCUT2D eigenvalue weighted by atomic mass is 10.1. The molecule has 0 bridgehead atoms. The molecule has 2 rings (SSSR count). The van der Waals surface area contributed by atoms with Gasteiger partial charge in [-0.05, 0) is 44.9 Å². The molecule has 0 spiro atoms. The Labute approximate surface area is 131 Å². The number of rotatable bonds is 7. The van der Waals surface area contributed by atoms with E-state index in [1.165, 1.54) is 0 Å². The molecule has 1 aliphatic rings. The van der Waals surface area contributed by atoms with Crippen LogP contribution in [0.5, 0.6) is 11.5 Å². The minimum absolute atomic E-state index is 0.110. The van der Waals surface area contributed by atoms with Crippen molar-refractivity contribution in [3.05, 3.63) is 23.8 Å². The molecule has 22 heavy (non-hydrogen) atoms. The Bertz CT molecular complexity index is 505. The van der Waals surface area contributed by atoms with Gasteiger partial charge in [-0.25, -0.2) is 4.79 Å². The number of hydrogen-bond donors (Lipinski definition) is 2. The SMILES string of the molecule is CC(C)OCCCNC(=O)N[C@@H](C)c1ccc2c(c1)OCO2. The Balaban J connectivity index is 1.72. The second kappa shape index (κ2) is 7.89. The molecule has 0 unspecified atom stereocenters. The first-order valence-corrected chi connectivity index (χ1v) is 7.62. The highest BCUT2D eigenvalue weighted by molar-refractivity contribution is 5.74. The van der Waals surface area contributed by atoms with E-state index >= 15 is 0 Å². The number of ether oxygens (including phenoxy) is 3. The summed E-state index contributed by atoms with van der Waals surface area (Å²) < 4.78 is 16.0. The fourth-order valence-electron chi connectivity index (χ4n) is 2.11. The van der Waals surface area contributed by atoms with Crippen LogP contribution in [-0.4, -0.2) is 32.1 Å². The number of hydrogen-bond acceptors (Lipinski definition) is 4. The largest absolute Gasteiger partial charge is 0.454 e. The Morgan fingerprint density at radius 2 is 2.05 bits per heavy atom. The van der Waals surface area contributed by atoms with E-state index in [0.29, 0.717) is 13.2 Å². The molecular formula is C16H24N2O4. The predicted molar refractivity (Wildman–Crippen MR) is 83.2 cm³/mol. The van der Waals surface area contributed by atoms with Crippen LogP contribution in [0.3, 0.4) is 0 Å². The van der Waals surface area contributed by atoms with Crippen LogP contribution in [0.2, 0.25) is 0 Å². The number of amides is 2. The van der Waals surface area contributed by atoms with E-state index in [-0.39, 0.29) is 25.0 Å². The Morgan fingerprint density at radius 1 is 1.27 bits per heavy atom. The number of carbonyl (C=O) groups is 1. The van der Waals surface area contributed by atoms with Crippen LogP contribution in [-0.2, 0) is 4.74 Å². The second-order valence-corrected chi connectivity index (χ2v) is 5.51. The van der Waals surface area contributed by atoms with E-state index in [9.17, 15) is 4.79 Å². The number of urea groups is 1. The van der Waals surface area contributed by atoms with Crippen molar-refractivity contribution in [3.8, 4) is 11.5 Å². The molecule has 1 aliphatic heterocycles. The predicted octanol–water partition coefficient (Wildman–Crippen LogP) is 2.59. The molecule has 0 fully saturated rings. The third-order valence-corrected chi connectivity index (χ3v) is 3.30. The van der Waals surface area contributed by atoms with Gasteiger partial charge in [-0.1, -0.05) is 6.07 Å². The summed E-state index contributed by atoms with van der Waals surface area (Å²) in [4.78, 5) is 11.8. The fourth-order valence-corrected chi connectivity index (χ4v) is 2.11. The second-order valence-electron chi connectivity index (χ2n) is 5.51. The van der Waals surface area contributed by atoms with Crippen molar-refractivity contribution in [1.29, 1.82) is 0 Å². The number of fused-ring (bicyclic) bond motifs is 1. The van der Waals surface area contributed by atoms with E-state index in [1.807, 2.05) is 39.0 Å². The van der Waals surface area contributed by atoms with Crippen molar-refractivity contribution >= 4 is 6.03 Å². The van der Waals surface area contributed by atoms with Crippen LogP contribution in [0.4, 0.5) is 4.79 Å². The molecule has 2 amide bonds. The average Bonchev–Trinajstić information content (AvgIpc) is 2.93.